The lowest BCUT2D eigenvalue weighted by Gasteiger charge is -2.13. The molecule has 2 rings (SSSR count). The fourth-order valence-electron chi connectivity index (χ4n) is 2.28. The molecule has 0 aliphatic rings. The molecule has 0 saturated heterocycles. The van der Waals surface area contributed by atoms with Crippen molar-refractivity contribution in [3.63, 3.8) is 0 Å². The number of ether oxygens (including phenoxy) is 2. The van der Waals surface area contributed by atoms with Crippen LogP contribution in [-0.4, -0.2) is 16.1 Å². The van der Waals surface area contributed by atoms with Gasteiger partial charge in [-0.1, -0.05) is 24.3 Å². The van der Waals surface area contributed by atoms with Gasteiger partial charge in [0.1, 0.15) is 17.6 Å². The summed E-state index contributed by atoms with van der Waals surface area (Å²) in [5, 5.41) is 11.1. The summed E-state index contributed by atoms with van der Waals surface area (Å²) in [5.41, 5.74) is -0.900. The molecule has 0 heterocycles. The number of nitro benzene ring substituents is 1. The minimum Gasteiger partial charge on any atom is -0.480 e. The van der Waals surface area contributed by atoms with Gasteiger partial charge in [0.25, 0.3) is 5.69 Å². The van der Waals surface area contributed by atoms with Crippen molar-refractivity contribution in [3.05, 3.63) is 75.3 Å². The molecule has 10 heteroatoms. The maximum Gasteiger partial charge on any atom is 0.416 e. The largest absolute Gasteiger partial charge is 0.480 e. The van der Waals surface area contributed by atoms with Gasteiger partial charge in [0.2, 0.25) is 0 Å². The van der Waals surface area contributed by atoms with Crippen LogP contribution in [-0.2, 0) is 17.3 Å². The monoisotopic (exact) mass is 445 g/mol. The van der Waals surface area contributed by atoms with Crippen molar-refractivity contribution in [2.45, 2.75) is 25.6 Å². The van der Waals surface area contributed by atoms with Gasteiger partial charge in [-0.15, -0.1) is 0 Å². The molecule has 0 amide bonds. The van der Waals surface area contributed by atoms with Gasteiger partial charge in [0, 0.05) is 18.1 Å². The second kappa shape index (κ2) is 9.23. The van der Waals surface area contributed by atoms with Gasteiger partial charge in [0.05, 0.1) is 15.5 Å². The summed E-state index contributed by atoms with van der Waals surface area (Å²) in [5.74, 6) is 0.116. The molecule has 0 aromatic heterocycles. The zero-order valence-corrected chi connectivity index (χ0v) is 16.6. The van der Waals surface area contributed by atoms with E-state index < -0.39 is 16.7 Å². The topological polar surface area (TPSA) is 61.6 Å². The van der Waals surface area contributed by atoms with E-state index in [2.05, 4.69) is 6.58 Å². The Balaban J connectivity index is 2.29. The minimum absolute atomic E-state index is 0.0291. The number of thiocarbonyl (C=S) groups is 1. The van der Waals surface area contributed by atoms with Crippen LogP contribution in [0, 0.1) is 10.1 Å². The first-order chi connectivity index (χ1) is 13.5. The fourth-order valence-corrected chi connectivity index (χ4v) is 2.81. The van der Waals surface area contributed by atoms with Crippen LogP contribution in [0.5, 0.6) is 11.5 Å². The van der Waals surface area contributed by atoms with Crippen LogP contribution in [0.2, 0.25) is 5.02 Å². The van der Waals surface area contributed by atoms with E-state index in [-0.39, 0.29) is 45.3 Å². The Bertz CT molecular complexity index is 950. The summed E-state index contributed by atoms with van der Waals surface area (Å²) >= 11 is 11.0. The van der Waals surface area contributed by atoms with Gasteiger partial charge >= 0.3 is 6.18 Å². The van der Waals surface area contributed by atoms with Gasteiger partial charge in [-0.25, -0.2) is 0 Å². The number of hydrogen-bond donors (Lipinski definition) is 0. The molecule has 0 radical (unpaired) electrons. The molecular weight excluding hydrogens is 431 g/mol. The molecule has 0 aliphatic heterocycles. The fraction of sp³-hybridized carbons (Fsp3) is 0.211. The van der Waals surface area contributed by atoms with Gasteiger partial charge < -0.3 is 9.47 Å². The van der Waals surface area contributed by atoms with Crippen LogP contribution in [0.1, 0.15) is 18.1 Å². The summed E-state index contributed by atoms with van der Waals surface area (Å²) in [6, 6.07) is 6.52. The van der Waals surface area contributed by atoms with Crippen molar-refractivity contribution in [2.75, 3.05) is 0 Å². The van der Waals surface area contributed by atoms with E-state index in [1.54, 1.807) is 6.92 Å². The number of benzene rings is 2. The highest BCUT2D eigenvalue weighted by Crippen LogP contribution is 2.37. The van der Waals surface area contributed by atoms with Crippen LogP contribution in [0.4, 0.5) is 18.9 Å². The molecule has 0 bridgehead atoms. The van der Waals surface area contributed by atoms with E-state index in [1.165, 1.54) is 24.3 Å². The molecule has 29 heavy (non-hydrogen) atoms. The summed E-state index contributed by atoms with van der Waals surface area (Å²) in [7, 11) is 0. The average molecular weight is 446 g/mol. The smallest absolute Gasteiger partial charge is 0.416 e. The zero-order valence-electron chi connectivity index (χ0n) is 15.0. The second-order valence-electron chi connectivity index (χ2n) is 5.90. The third kappa shape index (κ3) is 6.16. The van der Waals surface area contributed by atoms with E-state index in [1.807, 2.05) is 0 Å². The molecule has 2 aromatic rings. The highest BCUT2D eigenvalue weighted by atomic mass is 35.5. The zero-order chi connectivity index (χ0) is 21.8. The lowest BCUT2D eigenvalue weighted by atomic mass is 10.1. The number of nitro groups is 1. The first-order valence-electron chi connectivity index (χ1n) is 8.15. The molecule has 1 unspecified atom stereocenters. The summed E-state index contributed by atoms with van der Waals surface area (Å²) in [4.78, 5) is 10.7. The molecule has 1 atom stereocenters. The normalized spacial score (nSPS) is 12.2. The Morgan fingerprint density at radius 2 is 2.03 bits per heavy atom. The Morgan fingerprint density at radius 1 is 1.34 bits per heavy atom. The van der Waals surface area contributed by atoms with Crippen LogP contribution in [0.3, 0.4) is 0 Å². The second-order valence-corrected chi connectivity index (χ2v) is 6.76. The Kier molecular flexibility index (Phi) is 7.21. The molecule has 0 spiro atoms. The van der Waals surface area contributed by atoms with Crippen molar-refractivity contribution in [1.82, 2.24) is 0 Å². The van der Waals surface area contributed by atoms with E-state index >= 15 is 0 Å². The number of nitrogens with zero attached hydrogens (tertiary/aromatic N) is 1. The lowest BCUT2D eigenvalue weighted by molar-refractivity contribution is -0.385. The molecule has 0 N–H and O–H groups in total. The number of hydrogen-bond acceptors (Lipinski definition) is 5. The van der Waals surface area contributed by atoms with Crippen LogP contribution >= 0.6 is 23.8 Å². The highest BCUT2D eigenvalue weighted by Gasteiger charge is 2.31. The van der Waals surface area contributed by atoms with Gasteiger partial charge in [-0.2, -0.15) is 13.2 Å². The van der Waals surface area contributed by atoms with Crippen molar-refractivity contribution in [1.29, 1.82) is 0 Å². The Hall–Kier alpha value is -2.65. The molecule has 154 valence electrons. The summed E-state index contributed by atoms with van der Waals surface area (Å²) in [6.07, 6.45) is -3.43. The lowest BCUT2D eigenvalue weighted by Crippen LogP contribution is -2.13. The van der Waals surface area contributed by atoms with Gasteiger partial charge in [-0.3, -0.25) is 10.1 Å². The standard InChI is InChI=1S/C19H15ClF3NO4S/c1-3-11(2)27-18(29)9-12-8-14(5-6-16(12)24(25)26)28-17-7-4-13(10-15(17)20)19(21,22)23/h3-8,10-11H,1,9H2,2H3. The average Bonchev–Trinajstić information content (AvgIpc) is 2.62. The quantitative estimate of drug-likeness (QED) is 0.210. The summed E-state index contributed by atoms with van der Waals surface area (Å²) < 4.78 is 49.1. The highest BCUT2D eigenvalue weighted by molar-refractivity contribution is 7.80. The molecular formula is C19H15ClF3NO4S. The third-order valence-electron chi connectivity index (χ3n) is 3.72. The molecule has 5 nitrogen and oxygen atoms in total. The maximum atomic E-state index is 12.7. The number of alkyl halides is 3. The first-order valence-corrected chi connectivity index (χ1v) is 8.94. The maximum absolute atomic E-state index is 12.7. The predicted octanol–water partition coefficient (Wildman–Crippen LogP) is 6.52. The SMILES string of the molecule is C=CC(C)OC(=S)Cc1cc(Oc2ccc(C(F)(F)F)cc2Cl)ccc1[N+](=O)[O-]. The number of rotatable bonds is 7. The molecule has 0 saturated carbocycles. The predicted molar refractivity (Wildman–Crippen MR) is 107 cm³/mol. The van der Waals surface area contributed by atoms with E-state index in [0.29, 0.717) is 0 Å². The van der Waals surface area contributed by atoms with E-state index in [9.17, 15) is 23.3 Å². The number of halogens is 4. The van der Waals surface area contributed by atoms with Crippen LogP contribution < -0.4 is 4.74 Å². The van der Waals surface area contributed by atoms with Gasteiger partial charge in [-0.05, 0) is 49.5 Å². The summed E-state index contributed by atoms with van der Waals surface area (Å²) in [6.45, 7) is 5.27. The first kappa shape index (κ1) is 22.6. The van der Waals surface area contributed by atoms with Crippen molar-refractivity contribution < 1.29 is 27.6 Å². The van der Waals surface area contributed by atoms with Crippen molar-refractivity contribution in [2.24, 2.45) is 0 Å². The minimum atomic E-state index is -4.54. The van der Waals surface area contributed by atoms with Crippen molar-refractivity contribution >= 4 is 34.6 Å². The van der Waals surface area contributed by atoms with Crippen molar-refractivity contribution in [3.8, 4) is 11.5 Å². The third-order valence-corrected chi connectivity index (χ3v) is 4.25. The molecule has 0 fully saturated rings. The Labute approximate surface area is 174 Å². The molecule has 2 aromatic carbocycles. The molecule has 0 aliphatic carbocycles. The van der Waals surface area contributed by atoms with E-state index in [4.69, 9.17) is 33.3 Å². The van der Waals surface area contributed by atoms with Crippen LogP contribution in [0.25, 0.3) is 0 Å². The van der Waals surface area contributed by atoms with Gasteiger partial charge in [0.15, 0.2) is 5.05 Å². The van der Waals surface area contributed by atoms with E-state index in [0.717, 1.165) is 18.2 Å². The Morgan fingerprint density at radius 3 is 2.59 bits per heavy atom. The van der Waals surface area contributed by atoms with Crippen LogP contribution in [0.15, 0.2) is 49.1 Å².